The number of hydrogen-bond acceptors (Lipinski definition) is 4. The van der Waals surface area contributed by atoms with E-state index >= 15 is 0 Å². The van der Waals surface area contributed by atoms with Gasteiger partial charge in [-0.05, 0) is 54.4 Å². The standard InChI is InChI=1S/C28H24N4O3/c1-20-7-6-16-32-18-23(29-27(20)32)19-35-25-9-3-2-8-24(25)28(34)30-22-13-11-21(12-14-22)17-31-15-5-4-10-26(31)33/h2-16,18H,17,19H2,1H3,(H,30,34). The van der Waals surface area contributed by atoms with Gasteiger partial charge in [0.2, 0.25) is 0 Å². The Bertz CT molecular complexity index is 1550. The van der Waals surface area contributed by atoms with Crippen molar-refractivity contribution in [2.75, 3.05) is 5.32 Å². The Balaban J connectivity index is 1.26. The number of hydrogen-bond donors (Lipinski definition) is 1. The van der Waals surface area contributed by atoms with E-state index in [9.17, 15) is 9.59 Å². The number of amides is 1. The number of rotatable bonds is 7. The molecule has 0 saturated carbocycles. The maximum Gasteiger partial charge on any atom is 0.259 e. The number of aryl methyl sites for hydroxylation is 1. The molecule has 7 nitrogen and oxygen atoms in total. The summed E-state index contributed by atoms with van der Waals surface area (Å²) in [5.74, 6) is 0.220. The molecule has 0 aliphatic rings. The molecule has 35 heavy (non-hydrogen) atoms. The third kappa shape index (κ3) is 4.99. The van der Waals surface area contributed by atoms with E-state index in [-0.39, 0.29) is 18.1 Å². The largest absolute Gasteiger partial charge is 0.486 e. The second-order valence-electron chi connectivity index (χ2n) is 8.26. The van der Waals surface area contributed by atoms with Gasteiger partial charge in [0.1, 0.15) is 18.0 Å². The van der Waals surface area contributed by atoms with Gasteiger partial charge in [-0.1, -0.05) is 36.4 Å². The SMILES string of the molecule is Cc1cccn2cc(COc3ccccc3C(=O)Nc3ccc(Cn4ccccc4=O)cc3)nc12. The number of benzene rings is 2. The van der Waals surface area contributed by atoms with E-state index in [2.05, 4.69) is 10.3 Å². The number of fused-ring (bicyclic) bond motifs is 1. The number of carbonyl (C=O) groups excluding carboxylic acids is 1. The Morgan fingerprint density at radius 3 is 2.54 bits per heavy atom. The first-order valence-corrected chi connectivity index (χ1v) is 11.3. The second kappa shape index (κ2) is 9.69. The predicted octanol–water partition coefficient (Wildman–Crippen LogP) is 4.68. The summed E-state index contributed by atoms with van der Waals surface area (Å²) < 4.78 is 9.57. The number of nitrogens with one attached hydrogen (secondary N) is 1. The van der Waals surface area contributed by atoms with E-state index < -0.39 is 0 Å². The Morgan fingerprint density at radius 2 is 1.74 bits per heavy atom. The van der Waals surface area contributed by atoms with E-state index in [4.69, 9.17) is 4.74 Å². The molecule has 0 bridgehead atoms. The van der Waals surface area contributed by atoms with Crippen LogP contribution in [0.3, 0.4) is 0 Å². The van der Waals surface area contributed by atoms with Gasteiger partial charge >= 0.3 is 0 Å². The van der Waals surface area contributed by atoms with Crippen molar-refractivity contribution < 1.29 is 9.53 Å². The molecule has 0 unspecified atom stereocenters. The highest BCUT2D eigenvalue weighted by Crippen LogP contribution is 2.22. The van der Waals surface area contributed by atoms with Crippen LogP contribution in [-0.2, 0) is 13.2 Å². The summed E-state index contributed by atoms with van der Waals surface area (Å²) in [6.45, 7) is 2.73. The van der Waals surface area contributed by atoms with Gasteiger partial charge in [-0.2, -0.15) is 0 Å². The monoisotopic (exact) mass is 464 g/mol. The molecule has 3 aromatic heterocycles. The first-order valence-electron chi connectivity index (χ1n) is 11.3. The van der Waals surface area contributed by atoms with Crippen LogP contribution in [0.2, 0.25) is 0 Å². The van der Waals surface area contributed by atoms with Gasteiger partial charge in [-0.15, -0.1) is 0 Å². The average Bonchev–Trinajstić information content (AvgIpc) is 3.30. The number of nitrogens with zero attached hydrogens (tertiary/aromatic N) is 3. The van der Waals surface area contributed by atoms with Crippen LogP contribution in [0.5, 0.6) is 5.75 Å². The average molecular weight is 465 g/mol. The summed E-state index contributed by atoms with van der Waals surface area (Å²) in [6.07, 6.45) is 5.63. The molecule has 5 aromatic rings. The van der Waals surface area contributed by atoms with E-state index in [1.165, 1.54) is 6.07 Å². The fourth-order valence-corrected chi connectivity index (χ4v) is 3.89. The fraction of sp³-hybridized carbons (Fsp3) is 0.107. The zero-order valence-electron chi connectivity index (χ0n) is 19.2. The maximum atomic E-state index is 13.0. The van der Waals surface area contributed by atoms with Crippen LogP contribution < -0.4 is 15.6 Å². The molecule has 0 aliphatic carbocycles. The molecule has 5 rings (SSSR count). The smallest absolute Gasteiger partial charge is 0.259 e. The van der Waals surface area contributed by atoms with Crippen molar-refractivity contribution >= 4 is 17.2 Å². The first kappa shape index (κ1) is 22.2. The minimum absolute atomic E-state index is 0.0553. The first-order chi connectivity index (χ1) is 17.1. The number of ether oxygens (including phenoxy) is 1. The van der Waals surface area contributed by atoms with Crippen molar-refractivity contribution in [2.45, 2.75) is 20.1 Å². The molecule has 7 heteroatoms. The van der Waals surface area contributed by atoms with Gasteiger partial charge in [0, 0.05) is 30.3 Å². The minimum Gasteiger partial charge on any atom is -0.486 e. The van der Waals surface area contributed by atoms with Gasteiger partial charge in [-0.3, -0.25) is 9.59 Å². The Morgan fingerprint density at radius 1 is 0.943 bits per heavy atom. The molecule has 0 fully saturated rings. The van der Waals surface area contributed by atoms with E-state index in [0.717, 1.165) is 22.5 Å². The maximum absolute atomic E-state index is 13.0. The predicted molar refractivity (Wildman–Crippen MR) is 135 cm³/mol. The van der Waals surface area contributed by atoms with Crippen LogP contribution in [0.25, 0.3) is 5.65 Å². The summed E-state index contributed by atoms with van der Waals surface area (Å²) in [6, 6.07) is 23.6. The normalized spacial score (nSPS) is 10.9. The number of aromatic nitrogens is 3. The zero-order chi connectivity index (χ0) is 24.2. The van der Waals surface area contributed by atoms with Crippen LogP contribution in [0.15, 0.2) is 102 Å². The highest BCUT2D eigenvalue weighted by atomic mass is 16.5. The lowest BCUT2D eigenvalue weighted by Gasteiger charge is -2.12. The Labute approximate surface area is 202 Å². The minimum atomic E-state index is -0.265. The molecule has 174 valence electrons. The number of pyridine rings is 2. The molecule has 0 radical (unpaired) electrons. The lowest BCUT2D eigenvalue weighted by atomic mass is 10.1. The molecule has 2 aromatic carbocycles. The molecule has 1 N–H and O–H groups in total. The highest BCUT2D eigenvalue weighted by molar-refractivity contribution is 6.06. The van der Waals surface area contributed by atoms with Gasteiger partial charge < -0.3 is 19.0 Å². The van der Waals surface area contributed by atoms with E-state index in [0.29, 0.717) is 23.5 Å². The summed E-state index contributed by atoms with van der Waals surface area (Å²) in [5.41, 5.74) is 4.75. The van der Waals surface area contributed by atoms with Gasteiger partial charge in [-0.25, -0.2) is 4.98 Å². The summed E-state index contributed by atoms with van der Waals surface area (Å²) in [4.78, 5) is 29.5. The molecule has 1 amide bonds. The zero-order valence-corrected chi connectivity index (χ0v) is 19.2. The molecular formula is C28H24N4O3. The van der Waals surface area contributed by atoms with Gasteiger partial charge in [0.25, 0.3) is 11.5 Å². The molecule has 0 saturated heterocycles. The van der Waals surface area contributed by atoms with Gasteiger partial charge in [0.15, 0.2) is 0 Å². The molecule has 0 atom stereocenters. The third-order valence-corrected chi connectivity index (χ3v) is 5.70. The van der Waals surface area contributed by atoms with Crippen LogP contribution in [0, 0.1) is 6.92 Å². The van der Waals surface area contributed by atoms with E-state index in [1.54, 1.807) is 35.0 Å². The van der Waals surface area contributed by atoms with Crippen molar-refractivity contribution in [1.82, 2.24) is 14.0 Å². The van der Waals surface area contributed by atoms with Crippen LogP contribution in [0.1, 0.15) is 27.2 Å². The number of imidazole rings is 1. The third-order valence-electron chi connectivity index (χ3n) is 5.70. The summed E-state index contributed by atoms with van der Waals surface area (Å²) in [5, 5.41) is 2.92. The summed E-state index contributed by atoms with van der Waals surface area (Å²) >= 11 is 0. The van der Waals surface area contributed by atoms with Crippen molar-refractivity contribution in [3.8, 4) is 5.75 Å². The van der Waals surface area contributed by atoms with Crippen LogP contribution in [0.4, 0.5) is 5.69 Å². The van der Waals surface area contributed by atoms with Crippen LogP contribution >= 0.6 is 0 Å². The number of para-hydroxylation sites is 1. The second-order valence-corrected chi connectivity index (χ2v) is 8.26. The van der Waals surface area contributed by atoms with Crippen molar-refractivity contribution in [3.63, 3.8) is 0 Å². The highest BCUT2D eigenvalue weighted by Gasteiger charge is 2.14. The van der Waals surface area contributed by atoms with Crippen molar-refractivity contribution in [1.29, 1.82) is 0 Å². The van der Waals surface area contributed by atoms with Crippen molar-refractivity contribution in [2.24, 2.45) is 0 Å². The van der Waals surface area contributed by atoms with Gasteiger partial charge in [0.05, 0.1) is 17.8 Å². The lowest BCUT2D eigenvalue weighted by Crippen LogP contribution is -2.18. The Kier molecular flexibility index (Phi) is 6.13. The number of anilines is 1. The lowest BCUT2D eigenvalue weighted by molar-refractivity contribution is 0.102. The fourth-order valence-electron chi connectivity index (χ4n) is 3.89. The molecule has 0 spiro atoms. The topological polar surface area (TPSA) is 77.6 Å². The molecular weight excluding hydrogens is 440 g/mol. The number of carbonyl (C=O) groups is 1. The van der Waals surface area contributed by atoms with E-state index in [1.807, 2.05) is 72.2 Å². The quantitative estimate of drug-likeness (QED) is 0.379. The Hall–Kier alpha value is -4.65. The molecule has 3 heterocycles. The molecule has 0 aliphatic heterocycles. The summed E-state index contributed by atoms with van der Waals surface area (Å²) in [7, 11) is 0. The van der Waals surface area contributed by atoms with Crippen LogP contribution in [-0.4, -0.2) is 19.9 Å². The van der Waals surface area contributed by atoms with Crippen molar-refractivity contribution in [3.05, 3.63) is 130 Å².